The highest BCUT2D eigenvalue weighted by atomic mass is 79.9. The maximum Gasteiger partial charge on any atom is 0.261 e. The van der Waals surface area contributed by atoms with Crippen LogP contribution in [0.5, 0.6) is 0 Å². The van der Waals surface area contributed by atoms with Gasteiger partial charge in [-0.05, 0) is 55.3 Å². The summed E-state index contributed by atoms with van der Waals surface area (Å²) in [5, 5.41) is 6.40. The monoisotopic (exact) mass is 502 g/mol. The van der Waals surface area contributed by atoms with E-state index in [9.17, 15) is 4.79 Å². The average Bonchev–Trinajstić information content (AvgIpc) is 3.10. The number of hydrazone groups is 1. The van der Waals surface area contributed by atoms with E-state index in [0.717, 1.165) is 29.0 Å². The van der Waals surface area contributed by atoms with Gasteiger partial charge in [0.1, 0.15) is 5.41 Å². The number of carbonyl (C=O) groups is 1. The second-order valence-corrected chi connectivity index (χ2v) is 9.68. The molecule has 1 fully saturated rings. The topological polar surface area (TPSA) is 64.9 Å². The number of amides is 1. The predicted molar refractivity (Wildman–Crippen MR) is 133 cm³/mol. The van der Waals surface area contributed by atoms with Crippen LogP contribution in [0.3, 0.4) is 0 Å². The highest BCUT2D eigenvalue weighted by Crippen LogP contribution is 2.48. The van der Waals surface area contributed by atoms with Crippen molar-refractivity contribution in [2.24, 2.45) is 10.5 Å². The summed E-state index contributed by atoms with van der Waals surface area (Å²) >= 11 is 3.63. The van der Waals surface area contributed by atoms with Gasteiger partial charge in [0.15, 0.2) is 0 Å². The summed E-state index contributed by atoms with van der Waals surface area (Å²) in [5.41, 5.74) is 3.26. The summed E-state index contributed by atoms with van der Waals surface area (Å²) in [6.07, 6.45) is 4.15. The standard InChI is InChI=1S/C25H23BrN6O/c1-17-25(23(33)32(29-17)20-6-3-2-4-7-20)15-18-14-19(26)8-9-21(18)31-13-12-30(16-22(25)31)24-27-10-5-11-28-24/h2-11,14,22H,12-13,15-16H2,1H3/t22-,25+/m1/s1. The van der Waals surface area contributed by atoms with Crippen LogP contribution in [-0.2, 0) is 11.2 Å². The Morgan fingerprint density at radius 3 is 2.61 bits per heavy atom. The molecule has 0 N–H and O–H groups in total. The summed E-state index contributed by atoms with van der Waals surface area (Å²) in [5.74, 6) is 0.733. The predicted octanol–water partition coefficient (Wildman–Crippen LogP) is 3.90. The van der Waals surface area contributed by atoms with Gasteiger partial charge in [0.05, 0.1) is 17.4 Å². The molecular weight excluding hydrogens is 480 g/mol. The SMILES string of the molecule is CC1=NN(c2ccccc2)C(=O)[C@@]12Cc1cc(Br)ccc1N1CCN(c3ncccn3)C[C@@H]12. The van der Waals surface area contributed by atoms with Gasteiger partial charge in [-0.2, -0.15) is 10.1 Å². The van der Waals surface area contributed by atoms with Crippen molar-refractivity contribution >= 4 is 44.9 Å². The van der Waals surface area contributed by atoms with Crippen molar-refractivity contribution in [1.82, 2.24) is 9.97 Å². The zero-order valence-corrected chi connectivity index (χ0v) is 19.8. The molecule has 33 heavy (non-hydrogen) atoms. The minimum absolute atomic E-state index is 0.0302. The van der Waals surface area contributed by atoms with Crippen LogP contribution in [0, 0.1) is 5.41 Å². The molecule has 7 nitrogen and oxygen atoms in total. The molecule has 6 rings (SSSR count). The van der Waals surface area contributed by atoms with Crippen LogP contribution in [0.2, 0.25) is 0 Å². The summed E-state index contributed by atoms with van der Waals surface area (Å²) < 4.78 is 1.02. The zero-order chi connectivity index (χ0) is 22.6. The smallest absolute Gasteiger partial charge is 0.261 e. The van der Waals surface area contributed by atoms with E-state index in [1.807, 2.05) is 43.3 Å². The second-order valence-electron chi connectivity index (χ2n) is 8.76. The van der Waals surface area contributed by atoms with Gasteiger partial charge in [-0.25, -0.2) is 9.97 Å². The molecule has 0 saturated carbocycles. The Labute approximate surface area is 200 Å². The van der Waals surface area contributed by atoms with Crippen LogP contribution < -0.4 is 14.8 Å². The van der Waals surface area contributed by atoms with E-state index < -0.39 is 5.41 Å². The lowest BCUT2D eigenvalue weighted by Crippen LogP contribution is -2.67. The zero-order valence-electron chi connectivity index (χ0n) is 18.2. The van der Waals surface area contributed by atoms with E-state index in [-0.39, 0.29) is 11.9 Å². The van der Waals surface area contributed by atoms with Gasteiger partial charge in [0.25, 0.3) is 5.91 Å². The van der Waals surface area contributed by atoms with Crippen LogP contribution in [0.15, 0.2) is 76.6 Å². The van der Waals surface area contributed by atoms with Crippen LogP contribution in [-0.4, -0.2) is 47.3 Å². The number of nitrogens with zero attached hydrogens (tertiary/aromatic N) is 6. The van der Waals surface area contributed by atoms with Crippen molar-refractivity contribution in [3.05, 3.63) is 77.0 Å². The Bertz CT molecular complexity index is 1250. The number of anilines is 3. The summed E-state index contributed by atoms with van der Waals surface area (Å²) in [6, 6.07) is 17.8. The van der Waals surface area contributed by atoms with Gasteiger partial charge >= 0.3 is 0 Å². The molecule has 0 unspecified atom stereocenters. The average molecular weight is 503 g/mol. The first-order valence-electron chi connectivity index (χ1n) is 11.1. The molecule has 8 heteroatoms. The van der Waals surface area contributed by atoms with Crippen molar-refractivity contribution in [1.29, 1.82) is 0 Å². The number of aromatic nitrogens is 2. The second kappa shape index (κ2) is 7.66. The Kier molecular flexibility index (Phi) is 4.72. The van der Waals surface area contributed by atoms with Gasteiger partial charge in [0, 0.05) is 42.2 Å². The lowest BCUT2D eigenvalue weighted by atomic mass is 9.67. The van der Waals surface area contributed by atoms with E-state index in [4.69, 9.17) is 5.10 Å². The first-order chi connectivity index (χ1) is 16.1. The first-order valence-corrected chi connectivity index (χ1v) is 11.9. The normalized spacial score (nSPS) is 24.1. The van der Waals surface area contributed by atoms with E-state index in [2.05, 4.69) is 53.9 Å². The fourth-order valence-corrected chi connectivity index (χ4v) is 5.89. The van der Waals surface area contributed by atoms with Crippen molar-refractivity contribution < 1.29 is 4.79 Å². The van der Waals surface area contributed by atoms with Crippen molar-refractivity contribution in [2.75, 3.05) is 34.4 Å². The number of benzene rings is 2. The molecule has 4 heterocycles. The number of fused-ring (bicyclic) bond motifs is 4. The molecule has 166 valence electrons. The van der Waals surface area contributed by atoms with E-state index in [0.29, 0.717) is 18.9 Å². The van der Waals surface area contributed by atoms with Crippen LogP contribution in [0.4, 0.5) is 17.3 Å². The van der Waals surface area contributed by atoms with Gasteiger partial charge in [-0.15, -0.1) is 0 Å². The number of hydrogen-bond donors (Lipinski definition) is 0. The van der Waals surface area contributed by atoms with E-state index in [1.54, 1.807) is 17.4 Å². The lowest BCUT2D eigenvalue weighted by molar-refractivity contribution is -0.125. The van der Waals surface area contributed by atoms with E-state index in [1.165, 1.54) is 11.3 Å². The summed E-state index contributed by atoms with van der Waals surface area (Å²) in [6.45, 7) is 4.23. The molecule has 1 aromatic heterocycles. The third-order valence-corrected chi connectivity index (χ3v) is 7.57. The maximum absolute atomic E-state index is 14.2. The molecule has 1 saturated heterocycles. The van der Waals surface area contributed by atoms with Crippen LogP contribution >= 0.6 is 15.9 Å². The third kappa shape index (κ3) is 3.08. The Morgan fingerprint density at radius 2 is 1.82 bits per heavy atom. The molecule has 0 bridgehead atoms. The molecule has 2 atom stereocenters. The van der Waals surface area contributed by atoms with Crippen molar-refractivity contribution in [2.45, 2.75) is 19.4 Å². The summed E-state index contributed by atoms with van der Waals surface area (Å²) in [7, 11) is 0. The maximum atomic E-state index is 14.2. The molecular formula is C25H23BrN6O. The molecule has 0 radical (unpaired) electrons. The number of carbonyl (C=O) groups excluding carboxylic acids is 1. The van der Waals surface area contributed by atoms with Gasteiger partial charge in [-0.1, -0.05) is 34.1 Å². The lowest BCUT2D eigenvalue weighted by Gasteiger charge is -2.53. The molecule has 3 aromatic rings. The highest BCUT2D eigenvalue weighted by molar-refractivity contribution is 9.10. The minimum Gasteiger partial charge on any atom is -0.363 e. The largest absolute Gasteiger partial charge is 0.363 e. The van der Waals surface area contributed by atoms with Crippen LogP contribution in [0.25, 0.3) is 0 Å². The number of piperazine rings is 1. The van der Waals surface area contributed by atoms with Gasteiger partial charge in [-0.3, -0.25) is 4.79 Å². The van der Waals surface area contributed by atoms with Gasteiger partial charge < -0.3 is 9.80 Å². The number of rotatable bonds is 2. The van der Waals surface area contributed by atoms with Gasteiger partial charge in [0.2, 0.25) is 5.95 Å². The molecule has 1 spiro atoms. The Morgan fingerprint density at radius 1 is 1.03 bits per heavy atom. The molecule has 3 aliphatic rings. The first kappa shape index (κ1) is 20.4. The molecule has 0 aliphatic carbocycles. The summed E-state index contributed by atoms with van der Waals surface area (Å²) in [4.78, 5) is 27.8. The Balaban J connectivity index is 1.47. The number of hydrogen-bond acceptors (Lipinski definition) is 6. The number of halogens is 1. The fourth-order valence-electron chi connectivity index (χ4n) is 5.48. The van der Waals surface area contributed by atoms with Crippen molar-refractivity contribution in [3.63, 3.8) is 0 Å². The van der Waals surface area contributed by atoms with Crippen LogP contribution in [0.1, 0.15) is 12.5 Å². The minimum atomic E-state index is -0.753. The highest BCUT2D eigenvalue weighted by Gasteiger charge is 2.60. The molecule has 2 aromatic carbocycles. The third-order valence-electron chi connectivity index (χ3n) is 7.07. The van der Waals surface area contributed by atoms with Crippen molar-refractivity contribution in [3.8, 4) is 0 Å². The van der Waals surface area contributed by atoms with E-state index >= 15 is 0 Å². The quantitative estimate of drug-likeness (QED) is 0.531. The molecule has 1 amide bonds. The fraction of sp³-hybridized carbons (Fsp3) is 0.280. The molecule has 3 aliphatic heterocycles. The Hall–Kier alpha value is -3.26. The number of para-hydroxylation sites is 1.